The average molecular weight is 813 g/mol. The van der Waals surface area contributed by atoms with Gasteiger partial charge in [-0.25, -0.2) is 0 Å². The van der Waals surface area contributed by atoms with Crippen LogP contribution in [0.4, 0.5) is 0 Å². The molecule has 7 nitrogen and oxygen atoms in total. The predicted molar refractivity (Wildman–Crippen MR) is 231 cm³/mol. The molecule has 0 aliphatic carbocycles. The van der Waals surface area contributed by atoms with Crippen LogP contribution in [0.15, 0.2) is 121 Å². The van der Waals surface area contributed by atoms with Crippen LogP contribution in [0.25, 0.3) is 11.1 Å². The number of halogens is 2. The summed E-state index contributed by atoms with van der Waals surface area (Å²) in [6.45, 7) is 8.16. The van der Waals surface area contributed by atoms with Gasteiger partial charge in [0.15, 0.2) is 17.6 Å². The Morgan fingerprint density at radius 2 is 1.55 bits per heavy atom. The maximum Gasteiger partial charge on any atom is 0.237 e. The van der Waals surface area contributed by atoms with Crippen molar-refractivity contribution in [1.82, 2.24) is 15.2 Å². The first kappa shape index (κ1) is 39.5. The van der Waals surface area contributed by atoms with Gasteiger partial charge in [-0.3, -0.25) is 14.7 Å². The van der Waals surface area contributed by atoms with Gasteiger partial charge >= 0.3 is 0 Å². The molecule has 58 heavy (non-hydrogen) atoms. The molecule has 2 aliphatic rings. The maximum absolute atomic E-state index is 14.2. The van der Waals surface area contributed by atoms with Gasteiger partial charge in [-0.15, -0.1) is 0 Å². The molecular weight excluding hydrogens is 765 g/mol. The van der Waals surface area contributed by atoms with Crippen LogP contribution in [0.1, 0.15) is 70.3 Å². The summed E-state index contributed by atoms with van der Waals surface area (Å²) in [6, 6.07) is 40.6. The SMILES string of the molecule is CCC(c1ccccc1)N1Cc2cc3c(cc2CC1C(=O)NCCc1ccc(-c2cc(C)nc(C)c2)cc1)OCC(c1ccc(OCc2ccc(Cl)c(Cl)c2)cc1)O3. The molecule has 9 heteroatoms. The maximum atomic E-state index is 14.2. The van der Waals surface area contributed by atoms with Crippen LogP contribution in [-0.4, -0.2) is 35.0 Å². The van der Waals surface area contributed by atoms with Crippen LogP contribution < -0.4 is 19.5 Å². The highest BCUT2D eigenvalue weighted by atomic mass is 35.5. The van der Waals surface area contributed by atoms with E-state index >= 15 is 0 Å². The van der Waals surface area contributed by atoms with Gasteiger partial charge in [0, 0.05) is 30.5 Å². The second kappa shape index (κ2) is 17.7. The summed E-state index contributed by atoms with van der Waals surface area (Å²) in [4.78, 5) is 21.1. The molecule has 0 bridgehead atoms. The van der Waals surface area contributed by atoms with E-state index in [1.54, 1.807) is 6.07 Å². The topological polar surface area (TPSA) is 72.9 Å². The number of hydrogen-bond donors (Lipinski definition) is 1. The number of nitrogens with one attached hydrogen (secondary N) is 1. The summed E-state index contributed by atoms with van der Waals surface area (Å²) >= 11 is 12.2. The minimum atomic E-state index is -0.342. The number of pyridine rings is 1. The summed E-state index contributed by atoms with van der Waals surface area (Å²) in [5, 5.41) is 4.32. The zero-order chi connectivity index (χ0) is 40.2. The third-order valence-electron chi connectivity index (χ3n) is 11.1. The smallest absolute Gasteiger partial charge is 0.237 e. The highest BCUT2D eigenvalue weighted by molar-refractivity contribution is 6.42. The summed E-state index contributed by atoms with van der Waals surface area (Å²) in [5.41, 5.74) is 10.9. The minimum absolute atomic E-state index is 0.0405. The van der Waals surface area contributed by atoms with Gasteiger partial charge in [0.05, 0.1) is 16.1 Å². The molecule has 1 amide bonds. The number of amides is 1. The normalized spacial score (nSPS) is 16.6. The molecule has 0 saturated heterocycles. The molecule has 0 spiro atoms. The summed E-state index contributed by atoms with van der Waals surface area (Å²) in [5.74, 6) is 2.20. The lowest BCUT2D eigenvalue weighted by Crippen LogP contribution is -2.51. The molecule has 3 atom stereocenters. The molecule has 8 rings (SSSR count). The van der Waals surface area contributed by atoms with Crippen LogP contribution >= 0.6 is 23.2 Å². The number of aromatic nitrogens is 1. The van der Waals surface area contributed by atoms with E-state index in [1.165, 1.54) is 16.7 Å². The second-order valence-electron chi connectivity index (χ2n) is 15.2. The molecular formula is C49H47Cl2N3O4. The Morgan fingerprint density at radius 1 is 0.828 bits per heavy atom. The predicted octanol–water partition coefficient (Wildman–Crippen LogP) is 11.0. The lowest BCUT2D eigenvalue weighted by molar-refractivity contribution is -0.128. The van der Waals surface area contributed by atoms with Crippen molar-refractivity contribution in [2.45, 2.75) is 71.4 Å². The van der Waals surface area contributed by atoms with Crippen molar-refractivity contribution in [3.63, 3.8) is 0 Å². The zero-order valence-electron chi connectivity index (χ0n) is 33.0. The van der Waals surface area contributed by atoms with Crippen molar-refractivity contribution in [3.05, 3.63) is 176 Å². The van der Waals surface area contributed by atoms with Crippen LogP contribution in [0.2, 0.25) is 10.0 Å². The number of rotatable bonds is 12. The van der Waals surface area contributed by atoms with Crippen molar-refractivity contribution < 1.29 is 19.0 Å². The van der Waals surface area contributed by atoms with E-state index in [2.05, 4.69) is 94.9 Å². The molecule has 3 unspecified atom stereocenters. The first-order valence-corrected chi connectivity index (χ1v) is 20.7. The van der Waals surface area contributed by atoms with Crippen LogP contribution in [0.5, 0.6) is 17.2 Å². The number of fused-ring (bicyclic) bond motifs is 2. The second-order valence-corrected chi connectivity index (χ2v) is 16.0. The highest BCUT2D eigenvalue weighted by Crippen LogP contribution is 2.42. The van der Waals surface area contributed by atoms with E-state index < -0.39 is 0 Å². The van der Waals surface area contributed by atoms with Gasteiger partial charge < -0.3 is 19.5 Å². The molecule has 0 saturated carbocycles. The molecule has 6 aromatic rings. The number of ether oxygens (including phenoxy) is 3. The fourth-order valence-electron chi connectivity index (χ4n) is 8.13. The summed E-state index contributed by atoms with van der Waals surface area (Å²) in [7, 11) is 0. The molecule has 0 fully saturated rings. The van der Waals surface area contributed by atoms with Crippen LogP contribution in [0, 0.1) is 13.8 Å². The number of carbonyl (C=O) groups is 1. The number of carbonyl (C=O) groups excluding carboxylic acids is 1. The Labute approximate surface area is 350 Å². The number of nitrogens with zero attached hydrogens (tertiary/aromatic N) is 2. The van der Waals surface area contributed by atoms with E-state index in [-0.39, 0.29) is 24.1 Å². The molecule has 3 heterocycles. The third kappa shape index (κ3) is 9.02. The average Bonchev–Trinajstić information content (AvgIpc) is 3.23. The first-order chi connectivity index (χ1) is 28.2. The van der Waals surface area contributed by atoms with Crippen LogP contribution in [-0.2, 0) is 30.8 Å². The van der Waals surface area contributed by atoms with Crippen molar-refractivity contribution in [3.8, 4) is 28.4 Å². The molecule has 0 radical (unpaired) electrons. The fraction of sp³-hybridized carbons (Fsp3) is 0.265. The van der Waals surface area contributed by atoms with Crippen molar-refractivity contribution in [2.75, 3.05) is 13.2 Å². The standard InChI is InChI=1S/C49H47Cl2N3O4/c1-4-44(36-8-6-5-7-9-36)54-28-40-27-47-46(57-30-48(58-47)37-15-17-41(18-16-37)56-29-34-12-19-42(50)43(51)24-34)26-39(40)25-45(54)49(55)52-21-20-33-10-13-35(14-11-33)38-22-31(2)53-32(3)23-38/h5-19,22-24,26-27,44-45,48H,4,20-21,25,28-30H2,1-3H3,(H,52,55). The Bertz CT molecular complexity index is 2370. The third-order valence-corrected chi connectivity index (χ3v) is 11.8. The summed E-state index contributed by atoms with van der Waals surface area (Å²) < 4.78 is 18.9. The van der Waals surface area contributed by atoms with Crippen molar-refractivity contribution in [2.24, 2.45) is 0 Å². The molecule has 296 valence electrons. The van der Waals surface area contributed by atoms with Crippen LogP contribution in [0.3, 0.4) is 0 Å². The monoisotopic (exact) mass is 811 g/mol. The largest absolute Gasteiger partial charge is 0.489 e. The van der Waals surface area contributed by atoms with Crippen molar-refractivity contribution in [1.29, 1.82) is 0 Å². The zero-order valence-corrected chi connectivity index (χ0v) is 34.5. The van der Waals surface area contributed by atoms with E-state index in [9.17, 15) is 4.79 Å². The molecule has 2 aliphatic heterocycles. The minimum Gasteiger partial charge on any atom is -0.489 e. The highest BCUT2D eigenvalue weighted by Gasteiger charge is 2.37. The summed E-state index contributed by atoms with van der Waals surface area (Å²) in [6.07, 6.45) is 1.91. The lowest BCUT2D eigenvalue weighted by Gasteiger charge is -2.41. The Hall–Kier alpha value is -5.34. The Kier molecular flexibility index (Phi) is 12.0. The van der Waals surface area contributed by atoms with Gasteiger partial charge in [0.1, 0.15) is 19.0 Å². The number of hydrogen-bond acceptors (Lipinski definition) is 6. The molecule has 5 aromatic carbocycles. The Balaban J connectivity index is 0.951. The number of aryl methyl sites for hydroxylation is 2. The van der Waals surface area contributed by atoms with Crippen molar-refractivity contribution >= 4 is 29.1 Å². The fourth-order valence-corrected chi connectivity index (χ4v) is 8.45. The van der Waals surface area contributed by atoms with Gasteiger partial charge in [-0.1, -0.05) is 103 Å². The van der Waals surface area contributed by atoms with Gasteiger partial charge in [0.2, 0.25) is 5.91 Å². The van der Waals surface area contributed by atoms with Gasteiger partial charge in [0.25, 0.3) is 0 Å². The van der Waals surface area contributed by atoms with E-state index in [4.69, 9.17) is 37.4 Å². The molecule has 1 aromatic heterocycles. The first-order valence-electron chi connectivity index (χ1n) is 20.0. The van der Waals surface area contributed by atoms with Gasteiger partial charge in [-0.2, -0.15) is 0 Å². The van der Waals surface area contributed by atoms with E-state index in [0.717, 1.165) is 57.8 Å². The number of benzene rings is 5. The van der Waals surface area contributed by atoms with E-state index in [1.807, 2.05) is 56.3 Å². The van der Waals surface area contributed by atoms with E-state index in [0.29, 0.717) is 54.3 Å². The Morgan fingerprint density at radius 3 is 2.28 bits per heavy atom. The quantitative estimate of drug-likeness (QED) is 0.133. The molecule has 1 N–H and O–H groups in total. The van der Waals surface area contributed by atoms with Gasteiger partial charge in [-0.05, 0) is 126 Å². The lowest BCUT2D eigenvalue weighted by atomic mass is 9.89.